The van der Waals surface area contributed by atoms with Crippen LogP contribution in [0.4, 0.5) is 15.3 Å². The molecule has 0 bridgehead atoms. The first-order valence-electron chi connectivity index (χ1n) is 8.04. The summed E-state index contributed by atoms with van der Waals surface area (Å²) in [5, 5.41) is 6.33. The van der Waals surface area contributed by atoms with Crippen LogP contribution in [-0.2, 0) is 4.74 Å². The smallest absolute Gasteiger partial charge is 0.407 e. The van der Waals surface area contributed by atoms with Crippen molar-refractivity contribution in [1.29, 1.82) is 0 Å². The lowest BCUT2D eigenvalue weighted by Gasteiger charge is -2.32. The molecule has 0 unspecified atom stereocenters. The van der Waals surface area contributed by atoms with E-state index in [9.17, 15) is 9.59 Å². The molecule has 24 heavy (non-hydrogen) atoms. The fraction of sp³-hybridized carbons (Fsp3) is 0.529. The van der Waals surface area contributed by atoms with Crippen molar-refractivity contribution in [3.63, 3.8) is 0 Å². The zero-order valence-electron chi connectivity index (χ0n) is 14.3. The third-order valence-corrected chi connectivity index (χ3v) is 3.85. The lowest BCUT2D eigenvalue weighted by atomic mass is 10.1. The molecule has 6 nitrogen and oxygen atoms in total. The number of urea groups is 1. The highest BCUT2D eigenvalue weighted by molar-refractivity contribution is 6.30. The zero-order chi connectivity index (χ0) is 17.7. The van der Waals surface area contributed by atoms with Crippen molar-refractivity contribution < 1.29 is 14.3 Å². The highest BCUT2D eigenvalue weighted by Gasteiger charge is 2.25. The van der Waals surface area contributed by atoms with Crippen molar-refractivity contribution >= 4 is 29.4 Å². The lowest BCUT2D eigenvalue weighted by molar-refractivity contribution is 0.0486. The molecule has 2 N–H and O–H groups in total. The van der Waals surface area contributed by atoms with Crippen LogP contribution >= 0.6 is 11.6 Å². The molecule has 132 valence electrons. The monoisotopic (exact) mass is 353 g/mol. The van der Waals surface area contributed by atoms with Crippen LogP contribution in [0.1, 0.15) is 33.6 Å². The molecule has 1 heterocycles. The molecule has 0 spiro atoms. The molecule has 0 saturated carbocycles. The molecular weight excluding hydrogens is 330 g/mol. The Labute approximate surface area is 147 Å². The average molecular weight is 354 g/mol. The van der Waals surface area contributed by atoms with Crippen molar-refractivity contribution in [2.24, 2.45) is 0 Å². The van der Waals surface area contributed by atoms with Gasteiger partial charge in [-0.2, -0.15) is 0 Å². The van der Waals surface area contributed by atoms with Crippen LogP contribution in [0, 0.1) is 0 Å². The SMILES string of the molecule is CC(C)(C)OC(=O)NC1CCN(C(=O)Nc2ccc(Cl)cc2)CC1. The molecule has 1 fully saturated rings. The minimum absolute atomic E-state index is 0.0273. The van der Waals surface area contributed by atoms with Crippen molar-refractivity contribution in [3.8, 4) is 0 Å². The number of halogens is 1. The number of ether oxygens (including phenoxy) is 1. The van der Waals surface area contributed by atoms with Gasteiger partial charge in [0.1, 0.15) is 5.60 Å². The molecule has 0 aliphatic carbocycles. The summed E-state index contributed by atoms with van der Waals surface area (Å²) in [5.41, 5.74) is 0.196. The summed E-state index contributed by atoms with van der Waals surface area (Å²) < 4.78 is 5.25. The number of hydrogen-bond acceptors (Lipinski definition) is 3. The third-order valence-electron chi connectivity index (χ3n) is 3.60. The molecule has 7 heteroatoms. The van der Waals surface area contributed by atoms with E-state index < -0.39 is 11.7 Å². The predicted molar refractivity (Wildman–Crippen MR) is 94.4 cm³/mol. The Kier molecular flexibility index (Phi) is 5.94. The summed E-state index contributed by atoms with van der Waals surface area (Å²) in [5.74, 6) is 0. The Balaban J connectivity index is 1.76. The second-order valence-electron chi connectivity index (χ2n) is 6.84. The van der Waals surface area contributed by atoms with Gasteiger partial charge in [-0.25, -0.2) is 9.59 Å². The molecule has 0 radical (unpaired) electrons. The van der Waals surface area contributed by atoms with Crippen LogP contribution in [0.5, 0.6) is 0 Å². The number of carbonyl (C=O) groups excluding carboxylic acids is 2. The zero-order valence-corrected chi connectivity index (χ0v) is 15.0. The second-order valence-corrected chi connectivity index (χ2v) is 7.28. The van der Waals surface area contributed by atoms with Gasteiger partial charge in [-0.1, -0.05) is 11.6 Å². The Bertz CT molecular complexity index is 576. The van der Waals surface area contributed by atoms with Gasteiger partial charge in [-0.05, 0) is 57.9 Å². The van der Waals surface area contributed by atoms with Crippen LogP contribution in [-0.4, -0.2) is 41.8 Å². The molecule has 1 aromatic rings. The van der Waals surface area contributed by atoms with E-state index in [2.05, 4.69) is 10.6 Å². The number of hydrogen-bond donors (Lipinski definition) is 2. The molecule has 1 aromatic carbocycles. The molecule has 2 rings (SSSR count). The van der Waals surface area contributed by atoms with Crippen molar-refractivity contribution in [1.82, 2.24) is 10.2 Å². The standard InChI is InChI=1S/C17H24ClN3O3/c1-17(2,3)24-16(23)20-14-8-10-21(11-9-14)15(22)19-13-6-4-12(18)5-7-13/h4-7,14H,8-11H2,1-3H3,(H,19,22)(H,20,23). The summed E-state index contributed by atoms with van der Waals surface area (Å²) >= 11 is 5.83. The summed E-state index contributed by atoms with van der Waals surface area (Å²) in [6.45, 7) is 6.66. The van der Waals surface area contributed by atoms with Crippen LogP contribution in [0.2, 0.25) is 5.02 Å². The number of benzene rings is 1. The summed E-state index contributed by atoms with van der Waals surface area (Å²) in [6.07, 6.45) is 0.993. The Hall–Kier alpha value is -1.95. The summed E-state index contributed by atoms with van der Waals surface area (Å²) in [7, 11) is 0. The minimum atomic E-state index is -0.511. The summed E-state index contributed by atoms with van der Waals surface area (Å²) in [6, 6.07) is 6.86. The van der Waals surface area contributed by atoms with Crippen molar-refractivity contribution in [3.05, 3.63) is 29.3 Å². The quantitative estimate of drug-likeness (QED) is 0.848. The Morgan fingerprint density at radius 3 is 2.29 bits per heavy atom. The maximum atomic E-state index is 12.2. The fourth-order valence-corrected chi connectivity index (χ4v) is 2.56. The van der Waals surface area contributed by atoms with Gasteiger partial charge < -0.3 is 20.3 Å². The fourth-order valence-electron chi connectivity index (χ4n) is 2.44. The lowest BCUT2D eigenvalue weighted by Crippen LogP contribution is -2.48. The van der Waals surface area contributed by atoms with Gasteiger partial charge in [0.15, 0.2) is 0 Å². The average Bonchev–Trinajstić information content (AvgIpc) is 2.48. The van der Waals surface area contributed by atoms with E-state index in [0.29, 0.717) is 36.6 Å². The molecule has 1 saturated heterocycles. The van der Waals surface area contributed by atoms with E-state index in [1.165, 1.54) is 0 Å². The number of amides is 3. The van der Waals surface area contributed by atoms with Gasteiger partial charge in [0.2, 0.25) is 0 Å². The Morgan fingerprint density at radius 2 is 1.75 bits per heavy atom. The van der Waals surface area contributed by atoms with Crippen molar-refractivity contribution in [2.45, 2.75) is 45.3 Å². The number of nitrogens with zero attached hydrogens (tertiary/aromatic N) is 1. The number of nitrogens with one attached hydrogen (secondary N) is 2. The first kappa shape index (κ1) is 18.4. The van der Waals surface area contributed by atoms with E-state index in [0.717, 1.165) is 0 Å². The minimum Gasteiger partial charge on any atom is -0.444 e. The van der Waals surface area contributed by atoms with Gasteiger partial charge in [-0.15, -0.1) is 0 Å². The highest BCUT2D eigenvalue weighted by Crippen LogP contribution is 2.16. The number of alkyl carbamates (subject to hydrolysis) is 1. The maximum absolute atomic E-state index is 12.2. The predicted octanol–water partition coefficient (Wildman–Crippen LogP) is 3.86. The van der Waals surface area contributed by atoms with E-state index >= 15 is 0 Å². The van der Waals surface area contributed by atoms with Gasteiger partial charge in [0.25, 0.3) is 0 Å². The Morgan fingerprint density at radius 1 is 1.17 bits per heavy atom. The van der Waals surface area contributed by atoms with Crippen molar-refractivity contribution in [2.75, 3.05) is 18.4 Å². The van der Waals surface area contributed by atoms with Crippen LogP contribution in [0.25, 0.3) is 0 Å². The topological polar surface area (TPSA) is 70.7 Å². The summed E-state index contributed by atoms with van der Waals surface area (Å²) in [4.78, 5) is 25.8. The van der Waals surface area contributed by atoms with Gasteiger partial charge in [0, 0.05) is 29.8 Å². The van der Waals surface area contributed by atoms with Crippen LogP contribution in [0.3, 0.4) is 0 Å². The van der Waals surface area contributed by atoms with E-state index in [1.807, 2.05) is 20.8 Å². The first-order valence-corrected chi connectivity index (χ1v) is 8.42. The molecular formula is C17H24ClN3O3. The number of anilines is 1. The molecule has 0 aromatic heterocycles. The van der Waals surface area contributed by atoms with E-state index in [-0.39, 0.29) is 12.1 Å². The third kappa shape index (κ3) is 5.92. The number of carbonyl (C=O) groups is 2. The molecule has 1 aliphatic rings. The number of likely N-dealkylation sites (tertiary alicyclic amines) is 1. The number of rotatable bonds is 2. The van der Waals surface area contributed by atoms with Crippen LogP contribution < -0.4 is 10.6 Å². The van der Waals surface area contributed by atoms with Gasteiger partial charge in [0.05, 0.1) is 0 Å². The van der Waals surface area contributed by atoms with Gasteiger partial charge >= 0.3 is 12.1 Å². The molecule has 3 amide bonds. The molecule has 1 aliphatic heterocycles. The van der Waals surface area contributed by atoms with E-state index in [1.54, 1.807) is 29.2 Å². The maximum Gasteiger partial charge on any atom is 0.407 e. The normalized spacial score (nSPS) is 15.8. The largest absolute Gasteiger partial charge is 0.444 e. The van der Waals surface area contributed by atoms with Gasteiger partial charge in [-0.3, -0.25) is 0 Å². The first-order chi connectivity index (χ1) is 11.2. The number of piperidine rings is 1. The highest BCUT2D eigenvalue weighted by atomic mass is 35.5. The molecule has 0 atom stereocenters. The second kappa shape index (κ2) is 7.75. The van der Waals surface area contributed by atoms with E-state index in [4.69, 9.17) is 16.3 Å². The van der Waals surface area contributed by atoms with Crippen LogP contribution in [0.15, 0.2) is 24.3 Å².